The van der Waals surface area contributed by atoms with Crippen LogP contribution < -0.4 is 0 Å². The fourth-order valence-corrected chi connectivity index (χ4v) is 7.83. The largest absolute Gasteiger partial charge is 0.192 e. The molecule has 0 spiro atoms. The van der Waals surface area contributed by atoms with E-state index in [4.69, 9.17) is 10.5 Å². The predicted octanol–water partition coefficient (Wildman–Crippen LogP) is 8.77. The van der Waals surface area contributed by atoms with E-state index in [1.165, 1.54) is 25.4 Å². The number of nitrogens with zero attached hydrogens (tertiary/aromatic N) is 2. The van der Waals surface area contributed by atoms with Crippen LogP contribution in [0.15, 0.2) is 72.8 Å². The molecule has 0 amide bonds. The van der Waals surface area contributed by atoms with Gasteiger partial charge in [-0.05, 0) is 172 Å². The Morgan fingerprint density at radius 3 is 1.06 bits per heavy atom. The molecule has 0 fully saturated rings. The molecule has 0 unspecified atom stereocenters. The second kappa shape index (κ2) is 11.0. The summed E-state index contributed by atoms with van der Waals surface area (Å²) in [6, 6.07) is 28.7. The summed E-state index contributed by atoms with van der Waals surface area (Å²) in [5, 5.41) is 18.1. The van der Waals surface area contributed by atoms with Crippen LogP contribution in [0, 0.1) is 36.9 Å². The van der Waals surface area contributed by atoms with Crippen LogP contribution in [0.25, 0.3) is 22.3 Å². The molecule has 2 nitrogen and oxygen atoms in total. The van der Waals surface area contributed by atoms with Crippen molar-refractivity contribution < 1.29 is 0 Å². The van der Waals surface area contributed by atoms with Gasteiger partial charge in [-0.1, -0.05) is 24.3 Å². The van der Waals surface area contributed by atoms with Crippen LogP contribution in [-0.4, -0.2) is 0 Å². The van der Waals surface area contributed by atoms with Gasteiger partial charge in [0.25, 0.3) is 0 Å². The molecule has 160 valence electrons. The maximum Gasteiger partial charge on any atom is 0.0991 e. The third kappa shape index (κ3) is 5.72. The molecule has 0 saturated heterocycles. The highest BCUT2D eigenvalue weighted by Crippen LogP contribution is 2.34. The van der Waals surface area contributed by atoms with Crippen LogP contribution in [0.5, 0.6) is 0 Å². The average Bonchev–Trinajstić information content (AvgIpc) is 2.82. The molecule has 4 aromatic rings. The summed E-state index contributed by atoms with van der Waals surface area (Å²) in [6.07, 6.45) is 0.869. The first-order chi connectivity index (χ1) is 15.9. The summed E-state index contributed by atoms with van der Waals surface area (Å²) in [6.45, 7) is 0. The summed E-state index contributed by atoms with van der Waals surface area (Å²) >= 11 is 9.75. The van der Waals surface area contributed by atoms with E-state index in [2.05, 4.69) is 127 Å². The summed E-state index contributed by atoms with van der Waals surface area (Å²) in [4.78, 5) is 0. The maximum absolute atomic E-state index is 9.05. The fourth-order valence-electron chi connectivity index (χ4n) is 3.53. The molecule has 0 bridgehead atoms. The molecule has 4 rings (SSSR count). The van der Waals surface area contributed by atoms with E-state index in [0.717, 1.165) is 28.7 Å². The highest BCUT2D eigenvalue weighted by Gasteiger charge is 2.15. The lowest BCUT2D eigenvalue weighted by Gasteiger charge is -2.15. The quantitative estimate of drug-likeness (QED) is 0.193. The zero-order valence-corrected chi connectivity index (χ0v) is 25.7. The molecule has 0 aliphatic rings. The molecule has 0 aliphatic carbocycles. The minimum absolute atomic E-state index is 0.674. The van der Waals surface area contributed by atoms with Crippen molar-refractivity contribution in [2.45, 2.75) is 6.42 Å². The van der Waals surface area contributed by atoms with Gasteiger partial charge >= 0.3 is 0 Å². The van der Waals surface area contributed by atoms with Gasteiger partial charge in [-0.15, -0.1) is 0 Å². The Balaban J connectivity index is 1.65. The summed E-state index contributed by atoms with van der Waals surface area (Å²) in [5.74, 6) is 0. The van der Waals surface area contributed by atoms with Gasteiger partial charge in [-0.3, -0.25) is 0 Å². The zero-order valence-electron chi connectivity index (χ0n) is 17.0. The van der Waals surface area contributed by atoms with E-state index in [-0.39, 0.29) is 0 Å². The number of nitriles is 2. The number of benzene rings is 4. The molecule has 6 heteroatoms. The van der Waals surface area contributed by atoms with Crippen molar-refractivity contribution in [1.29, 1.82) is 10.5 Å². The van der Waals surface area contributed by atoms with Crippen molar-refractivity contribution in [1.82, 2.24) is 0 Å². The van der Waals surface area contributed by atoms with Crippen LogP contribution in [-0.2, 0) is 6.42 Å². The number of rotatable bonds is 4. The standard InChI is InChI=1S/C27H14I4N2/c28-24-9-20(18-5-1-16(14-32)2-6-18)10-25(29)22(24)13-23-26(30)11-21(12-27(23)31)19-7-3-17(15-33)4-8-19/h1-12H,13H2. The second-order valence-electron chi connectivity index (χ2n) is 7.39. The van der Waals surface area contributed by atoms with E-state index in [1.807, 2.05) is 48.5 Å². The van der Waals surface area contributed by atoms with Crippen molar-refractivity contribution in [3.05, 3.63) is 109 Å². The molecule has 33 heavy (non-hydrogen) atoms. The van der Waals surface area contributed by atoms with Gasteiger partial charge < -0.3 is 0 Å². The molecule has 4 aromatic carbocycles. The van der Waals surface area contributed by atoms with Crippen LogP contribution >= 0.6 is 90.4 Å². The van der Waals surface area contributed by atoms with Crippen molar-refractivity contribution in [2.24, 2.45) is 0 Å². The molecule has 0 heterocycles. The van der Waals surface area contributed by atoms with Crippen molar-refractivity contribution >= 4 is 90.4 Å². The highest BCUT2D eigenvalue weighted by atomic mass is 127. The normalized spacial score (nSPS) is 10.5. The highest BCUT2D eigenvalue weighted by molar-refractivity contribution is 14.1. The van der Waals surface area contributed by atoms with Gasteiger partial charge in [-0.25, -0.2) is 0 Å². The lowest BCUT2D eigenvalue weighted by molar-refractivity contribution is 1.13. The molecular weight excluding hydrogens is 860 g/mol. The number of halogens is 4. The first kappa shape index (κ1) is 24.9. The summed E-state index contributed by atoms with van der Waals surface area (Å²) < 4.78 is 4.95. The van der Waals surface area contributed by atoms with Gasteiger partial charge in [-0.2, -0.15) is 10.5 Å². The van der Waals surface area contributed by atoms with Crippen LogP contribution in [0.3, 0.4) is 0 Å². The van der Waals surface area contributed by atoms with E-state index in [9.17, 15) is 0 Å². The molecule has 0 atom stereocenters. The Bertz CT molecular complexity index is 1270. The maximum atomic E-state index is 9.05. The Labute approximate surface area is 248 Å². The van der Waals surface area contributed by atoms with Crippen molar-refractivity contribution in [3.63, 3.8) is 0 Å². The topological polar surface area (TPSA) is 47.6 Å². The van der Waals surface area contributed by atoms with Gasteiger partial charge in [0.2, 0.25) is 0 Å². The average molecular weight is 874 g/mol. The number of hydrogen-bond donors (Lipinski definition) is 0. The third-order valence-corrected chi connectivity index (χ3v) is 9.18. The summed E-state index contributed by atoms with van der Waals surface area (Å²) in [5.41, 5.74) is 8.57. The Kier molecular flexibility index (Phi) is 8.31. The molecule has 0 N–H and O–H groups in total. The lowest BCUT2D eigenvalue weighted by Crippen LogP contribution is -2.01. The van der Waals surface area contributed by atoms with E-state index in [1.54, 1.807) is 0 Å². The van der Waals surface area contributed by atoms with Crippen LogP contribution in [0.2, 0.25) is 0 Å². The Morgan fingerprint density at radius 1 is 0.485 bits per heavy atom. The first-order valence-electron chi connectivity index (χ1n) is 9.86. The Hall–Kier alpha value is -1.22. The van der Waals surface area contributed by atoms with Gasteiger partial charge in [0, 0.05) is 20.7 Å². The monoisotopic (exact) mass is 874 g/mol. The molecule has 0 aromatic heterocycles. The first-order valence-corrected chi connectivity index (χ1v) is 14.2. The van der Waals surface area contributed by atoms with E-state index < -0.39 is 0 Å². The molecule has 0 saturated carbocycles. The number of hydrogen-bond acceptors (Lipinski definition) is 2. The zero-order chi connectivity index (χ0) is 23.5. The van der Waals surface area contributed by atoms with Gasteiger partial charge in [0.15, 0.2) is 0 Å². The fraction of sp³-hybridized carbons (Fsp3) is 0.0370. The lowest BCUT2D eigenvalue weighted by atomic mass is 9.98. The third-order valence-electron chi connectivity index (χ3n) is 5.33. The van der Waals surface area contributed by atoms with Crippen molar-refractivity contribution in [3.8, 4) is 34.4 Å². The van der Waals surface area contributed by atoms with E-state index >= 15 is 0 Å². The van der Waals surface area contributed by atoms with E-state index in [0.29, 0.717) is 11.1 Å². The SMILES string of the molecule is N#Cc1ccc(-c2cc(I)c(Cc3c(I)cc(-c4ccc(C#N)cc4)cc3I)c(I)c2)cc1. The second-order valence-corrected chi connectivity index (χ2v) is 12.0. The van der Waals surface area contributed by atoms with Crippen LogP contribution in [0.1, 0.15) is 22.3 Å². The predicted molar refractivity (Wildman–Crippen MR) is 167 cm³/mol. The van der Waals surface area contributed by atoms with Crippen molar-refractivity contribution in [2.75, 3.05) is 0 Å². The molecular formula is C27H14I4N2. The minimum atomic E-state index is 0.674. The summed E-state index contributed by atoms with van der Waals surface area (Å²) in [7, 11) is 0. The van der Waals surface area contributed by atoms with Crippen LogP contribution in [0.4, 0.5) is 0 Å². The Morgan fingerprint density at radius 2 is 0.788 bits per heavy atom. The minimum Gasteiger partial charge on any atom is -0.192 e. The van der Waals surface area contributed by atoms with Gasteiger partial charge in [0.1, 0.15) is 0 Å². The van der Waals surface area contributed by atoms with Gasteiger partial charge in [0.05, 0.1) is 23.3 Å². The molecule has 0 radical (unpaired) electrons. The molecule has 0 aliphatic heterocycles. The smallest absolute Gasteiger partial charge is 0.0991 e.